The maximum absolute atomic E-state index is 14.9. The Kier molecular flexibility index (Phi) is 7.79. The predicted octanol–water partition coefficient (Wildman–Crippen LogP) is 5.37. The Hall–Kier alpha value is -5.01. The number of likely N-dealkylation sites (tertiary alicyclic amines) is 1. The van der Waals surface area contributed by atoms with Gasteiger partial charge in [0, 0.05) is 35.9 Å². The van der Waals surface area contributed by atoms with Crippen LogP contribution in [0.4, 0.5) is 17.6 Å². The van der Waals surface area contributed by atoms with Crippen LogP contribution in [0.25, 0.3) is 28.0 Å². The van der Waals surface area contributed by atoms with Gasteiger partial charge in [0.2, 0.25) is 0 Å². The summed E-state index contributed by atoms with van der Waals surface area (Å²) in [5.41, 5.74) is 1.38. The standard InChI is InChI=1S/C33H28F4N8O/c34-23-3-1-21(2-4-23)31-30(29-8-6-25(36)16-45(29)42-31)28-9-12-39-32(41-28)22-10-13-43(14-11-22)17-33(46,18-44-20-38-19-40-44)26-7-5-24(35)15-27(26)37/h1-9,12,15-16,19-20,22,46H,10-11,13-14,17-18H2/t33-/m0/s1. The van der Waals surface area contributed by atoms with Gasteiger partial charge in [0.15, 0.2) is 0 Å². The number of fused-ring (bicyclic) bond motifs is 1. The smallest absolute Gasteiger partial charge is 0.141 e. The first-order chi connectivity index (χ1) is 22.3. The van der Waals surface area contributed by atoms with E-state index in [-0.39, 0.29) is 30.4 Å². The number of halogens is 4. The van der Waals surface area contributed by atoms with Crippen LogP contribution in [-0.4, -0.2) is 64.0 Å². The summed E-state index contributed by atoms with van der Waals surface area (Å²) >= 11 is 0. The van der Waals surface area contributed by atoms with Gasteiger partial charge in [-0.25, -0.2) is 41.7 Å². The highest BCUT2D eigenvalue weighted by atomic mass is 19.1. The highest BCUT2D eigenvalue weighted by Crippen LogP contribution is 2.36. The number of benzene rings is 2. The molecule has 46 heavy (non-hydrogen) atoms. The van der Waals surface area contributed by atoms with Gasteiger partial charge in [0.25, 0.3) is 0 Å². The van der Waals surface area contributed by atoms with Crippen molar-refractivity contribution in [1.82, 2.24) is 39.2 Å². The van der Waals surface area contributed by atoms with E-state index in [4.69, 9.17) is 4.98 Å². The lowest BCUT2D eigenvalue weighted by Gasteiger charge is -2.38. The maximum atomic E-state index is 14.9. The van der Waals surface area contributed by atoms with Crippen molar-refractivity contribution in [1.29, 1.82) is 0 Å². The Morgan fingerprint density at radius 3 is 2.37 bits per heavy atom. The van der Waals surface area contributed by atoms with Gasteiger partial charge in [-0.05, 0) is 74.5 Å². The quantitative estimate of drug-likeness (QED) is 0.226. The molecule has 0 amide bonds. The lowest BCUT2D eigenvalue weighted by Crippen LogP contribution is -2.47. The molecular formula is C33H28F4N8O. The number of β-amino-alcohol motifs (C(OH)–C–C–N with tert-alkyl or cyclic N) is 1. The zero-order chi connectivity index (χ0) is 31.8. The molecule has 1 fully saturated rings. The third-order valence-corrected chi connectivity index (χ3v) is 8.40. The second-order valence-corrected chi connectivity index (χ2v) is 11.5. The van der Waals surface area contributed by atoms with Crippen molar-refractivity contribution in [3.8, 4) is 22.5 Å². The van der Waals surface area contributed by atoms with Gasteiger partial charge in [0.1, 0.15) is 53.0 Å². The Labute approximate surface area is 260 Å². The summed E-state index contributed by atoms with van der Waals surface area (Å²) in [7, 11) is 0. The molecule has 0 radical (unpaired) electrons. The average Bonchev–Trinajstić information content (AvgIpc) is 3.69. The van der Waals surface area contributed by atoms with E-state index in [9.17, 15) is 22.7 Å². The molecule has 1 N–H and O–H groups in total. The Balaban J connectivity index is 1.14. The fraction of sp³-hybridized carbons (Fsp3) is 0.242. The molecule has 4 aromatic heterocycles. The number of aromatic nitrogens is 7. The van der Waals surface area contributed by atoms with Crippen molar-refractivity contribution < 1.29 is 22.7 Å². The predicted molar refractivity (Wildman–Crippen MR) is 160 cm³/mol. The second-order valence-electron chi connectivity index (χ2n) is 11.5. The molecule has 1 aliphatic heterocycles. The number of hydrogen-bond acceptors (Lipinski definition) is 7. The average molecular weight is 629 g/mol. The molecule has 1 aliphatic rings. The highest BCUT2D eigenvalue weighted by Gasteiger charge is 2.37. The molecule has 9 nitrogen and oxygen atoms in total. The van der Waals surface area contributed by atoms with Gasteiger partial charge in [-0.1, -0.05) is 6.07 Å². The van der Waals surface area contributed by atoms with E-state index in [1.807, 2.05) is 4.90 Å². The first-order valence-corrected chi connectivity index (χ1v) is 14.8. The van der Waals surface area contributed by atoms with E-state index in [0.717, 1.165) is 12.1 Å². The Morgan fingerprint density at radius 1 is 0.870 bits per heavy atom. The van der Waals surface area contributed by atoms with Crippen molar-refractivity contribution in [3.63, 3.8) is 0 Å². The van der Waals surface area contributed by atoms with Gasteiger partial charge < -0.3 is 10.0 Å². The lowest BCUT2D eigenvalue weighted by molar-refractivity contribution is -0.0267. The normalized spacial score (nSPS) is 15.8. The second kappa shape index (κ2) is 12.1. The number of piperidine rings is 1. The Morgan fingerprint density at radius 2 is 1.63 bits per heavy atom. The zero-order valence-electron chi connectivity index (χ0n) is 24.4. The fourth-order valence-electron chi connectivity index (χ4n) is 6.18. The SMILES string of the molecule is O[C@@](CN1CCC(c2nccc(-c3c(-c4ccc(F)cc4)nn4cc(F)ccc34)n2)CC1)(Cn1cncn1)c1ccc(F)cc1F. The molecule has 13 heteroatoms. The van der Waals surface area contributed by atoms with Crippen molar-refractivity contribution in [2.24, 2.45) is 0 Å². The van der Waals surface area contributed by atoms with Gasteiger partial charge in [0.05, 0.1) is 29.5 Å². The van der Waals surface area contributed by atoms with Gasteiger partial charge in [-0.3, -0.25) is 0 Å². The molecule has 0 saturated carbocycles. The number of rotatable bonds is 8. The fourth-order valence-corrected chi connectivity index (χ4v) is 6.18. The van der Waals surface area contributed by atoms with Crippen LogP contribution in [0.2, 0.25) is 0 Å². The van der Waals surface area contributed by atoms with Crippen molar-refractivity contribution >= 4 is 5.52 Å². The molecule has 5 heterocycles. The first-order valence-electron chi connectivity index (χ1n) is 14.8. The molecule has 6 aromatic rings. The van der Waals surface area contributed by atoms with Crippen molar-refractivity contribution in [2.75, 3.05) is 19.6 Å². The molecule has 0 bridgehead atoms. The topological polar surface area (TPSA) is 97.3 Å². The summed E-state index contributed by atoms with van der Waals surface area (Å²) in [6, 6.07) is 13.9. The van der Waals surface area contributed by atoms with Crippen LogP contribution in [0.5, 0.6) is 0 Å². The largest absolute Gasteiger partial charge is 0.382 e. The van der Waals surface area contributed by atoms with E-state index < -0.39 is 23.1 Å². The minimum atomic E-state index is -1.70. The van der Waals surface area contributed by atoms with E-state index in [1.165, 1.54) is 52.3 Å². The molecule has 0 unspecified atom stereocenters. The minimum absolute atomic E-state index is 0.00396. The summed E-state index contributed by atoms with van der Waals surface area (Å²) in [6.45, 7) is 1.15. The van der Waals surface area contributed by atoms with E-state index >= 15 is 0 Å². The maximum Gasteiger partial charge on any atom is 0.141 e. The molecule has 7 rings (SSSR count). The minimum Gasteiger partial charge on any atom is -0.382 e. The molecule has 234 valence electrons. The third kappa shape index (κ3) is 5.86. The van der Waals surface area contributed by atoms with Gasteiger partial charge in [-0.15, -0.1) is 0 Å². The van der Waals surface area contributed by atoms with Crippen LogP contribution in [-0.2, 0) is 12.1 Å². The highest BCUT2D eigenvalue weighted by molar-refractivity contribution is 5.90. The number of hydrogen-bond donors (Lipinski definition) is 1. The van der Waals surface area contributed by atoms with Crippen LogP contribution >= 0.6 is 0 Å². The summed E-state index contributed by atoms with van der Waals surface area (Å²) in [5, 5.41) is 20.5. The molecular weight excluding hydrogens is 600 g/mol. The summed E-state index contributed by atoms with van der Waals surface area (Å²) < 4.78 is 59.3. The zero-order valence-corrected chi connectivity index (χ0v) is 24.4. The summed E-state index contributed by atoms with van der Waals surface area (Å²) in [6.07, 6.45) is 7.06. The van der Waals surface area contributed by atoms with Gasteiger partial charge in [-0.2, -0.15) is 10.2 Å². The van der Waals surface area contributed by atoms with E-state index in [2.05, 4.69) is 20.2 Å². The molecule has 1 saturated heterocycles. The Bertz CT molecular complexity index is 1990. The molecule has 0 spiro atoms. The van der Waals surface area contributed by atoms with E-state index in [1.54, 1.807) is 30.5 Å². The van der Waals surface area contributed by atoms with Crippen LogP contribution < -0.4 is 0 Å². The summed E-state index contributed by atoms with van der Waals surface area (Å²) in [5.74, 6) is -1.76. The van der Waals surface area contributed by atoms with Gasteiger partial charge >= 0.3 is 0 Å². The van der Waals surface area contributed by atoms with Crippen molar-refractivity contribution in [3.05, 3.63) is 120 Å². The number of nitrogens with zero attached hydrogens (tertiary/aromatic N) is 8. The third-order valence-electron chi connectivity index (χ3n) is 8.40. The van der Waals surface area contributed by atoms with E-state index in [0.29, 0.717) is 59.8 Å². The molecule has 2 aromatic carbocycles. The van der Waals surface area contributed by atoms with Crippen LogP contribution in [0.3, 0.4) is 0 Å². The van der Waals surface area contributed by atoms with Crippen LogP contribution in [0.1, 0.15) is 30.1 Å². The summed E-state index contributed by atoms with van der Waals surface area (Å²) in [4.78, 5) is 15.5. The monoisotopic (exact) mass is 628 g/mol. The number of aliphatic hydroxyl groups is 1. The van der Waals surface area contributed by atoms with Crippen molar-refractivity contribution in [2.45, 2.75) is 30.9 Å². The van der Waals surface area contributed by atoms with Crippen LogP contribution in [0.15, 0.2) is 85.7 Å². The molecule has 0 aliphatic carbocycles. The first kappa shape index (κ1) is 29.7. The lowest BCUT2D eigenvalue weighted by atomic mass is 9.90. The molecule has 1 atom stereocenters. The number of pyridine rings is 1. The van der Waals surface area contributed by atoms with Crippen LogP contribution in [0, 0.1) is 23.3 Å².